The Balaban J connectivity index is 2.06. The highest BCUT2D eigenvalue weighted by Gasteiger charge is 2.20. The molecular formula is C16H15ClFNO3S. The van der Waals surface area contributed by atoms with Crippen molar-refractivity contribution in [3.8, 4) is 0 Å². The molecule has 2 rings (SSSR count). The highest BCUT2D eigenvalue weighted by atomic mass is 35.5. The maximum Gasteiger partial charge on any atom is 0.227 e. The first-order valence-electron chi connectivity index (χ1n) is 6.80. The zero-order chi connectivity index (χ0) is 17.0. The van der Waals surface area contributed by atoms with Gasteiger partial charge in [0, 0.05) is 18.5 Å². The summed E-state index contributed by atoms with van der Waals surface area (Å²) in [6.45, 7) is 0. The maximum atomic E-state index is 13.7. The lowest BCUT2D eigenvalue weighted by molar-refractivity contribution is -0.118. The van der Waals surface area contributed by atoms with Gasteiger partial charge in [-0.1, -0.05) is 23.7 Å². The topological polar surface area (TPSA) is 54.5 Å². The fraction of sp³-hybridized carbons (Fsp3) is 0.188. The molecule has 0 radical (unpaired) electrons. The van der Waals surface area contributed by atoms with E-state index in [0.29, 0.717) is 5.02 Å². The Bertz CT molecular complexity index is 806. The SMILES string of the molecule is CN(C(=O)CCS(=O)(=O)c1ccc(Cl)cc1)c1ccccc1F. The summed E-state index contributed by atoms with van der Waals surface area (Å²) in [4.78, 5) is 13.3. The Morgan fingerprint density at radius 1 is 1.13 bits per heavy atom. The van der Waals surface area contributed by atoms with Crippen LogP contribution in [0.3, 0.4) is 0 Å². The zero-order valence-electron chi connectivity index (χ0n) is 12.4. The van der Waals surface area contributed by atoms with E-state index in [2.05, 4.69) is 0 Å². The van der Waals surface area contributed by atoms with E-state index in [1.54, 1.807) is 6.07 Å². The van der Waals surface area contributed by atoms with Gasteiger partial charge in [0.05, 0.1) is 16.3 Å². The van der Waals surface area contributed by atoms with Gasteiger partial charge >= 0.3 is 0 Å². The van der Waals surface area contributed by atoms with Gasteiger partial charge in [0.2, 0.25) is 5.91 Å². The first kappa shape index (κ1) is 17.4. The summed E-state index contributed by atoms with van der Waals surface area (Å²) in [5.41, 5.74) is 0.112. The van der Waals surface area contributed by atoms with Gasteiger partial charge in [0.15, 0.2) is 9.84 Å². The molecule has 2 aromatic carbocycles. The third kappa shape index (κ3) is 4.30. The summed E-state index contributed by atoms with van der Waals surface area (Å²) in [5.74, 6) is -1.37. The Kier molecular flexibility index (Phi) is 5.38. The summed E-state index contributed by atoms with van der Waals surface area (Å²) in [6.07, 6.45) is -0.240. The molecule has 0 aliphatic heterocycles. The van der Waals surface area contributed by atoms with E-state index in [4.69, 9.17) is 11.6 Å². The van der Waals surface area contributed by atoms with E-state index < -0.39 is 21.6 Å². The number of nitrogens with zero attached hydrogens (tertiary/aromatic N) is 1. The van der Waals surface area contributed by atoms with Crippen molar-refractivity contribution in [1.29, 1.82) is 0 Å². The van der Waals surface area contributed by atoms with Crippen LogP contribution in [0.5, 0.6) is 0 Å². The molecule has 0 heterocycles. The molecule has 2 aromatic rings. The number of hydrogen-bond acceptors (Lipinski definition) is 3. The van der Waals surface area contributed by atoms with Crippen molar-refractivity contribution in [3.05, 3.63) is 59.4 Å². The lowest BCUT2D eigenvalue weighted by atomic mass is 10.2. The molecule has 0 N–H and O–H groups in total. The summed E-state index contributed by atoms with van der Waals surface area (Å²) in [5, 5.41) is 0.430. The lowest BCUT2D eigenvalue weighted by Gasteiger charge is -2.17. The Labute approximate surface area is 139 Å². The molecule has 122 valence electrons. The highest BCUT2D eigenvalue weighted by Crippen LogP contribution is 2.19. The van der Waals surface area contributed by atoms with Gasteiger partial charge in [-0.2, -0.15) is 0 Å². The fourth-order valence-electron chi connectivity index (χ4n) is 2.01. The summed E-state index contributed by atoms with van der Waals surface area (Å²) < 4.78 is 38.0. The molecule has 1 amide bonds. The monoisotopic (exact) mass is 355 g/mol. The van der Waals surface area contributed by atoms with Crippen molar-refractivity contribution in [2.75, 3.05) is 17.7 Å². The maximum absolute atomic E-state index is 13.7. The number of carbonyl (C=O) groups is 1. The summed E-state index contributed by atoms with van der Waals surface area (Å²) in [6, 6.07) is 11.5. The third-order valence-corrected chi connectivity index (χ3v) is 5.33. The molecule has 0 bridgehead atoms. The van der Waals surface area contributed by atoms with E-state index in [9.17, 15) is 17.6 Å². The van der Waals surface area contributed by atoms with Crippen LogP contribution in [0.4, 0.5) is 10.1 Å². The van der Waals surface area contributed by atoms with Crippen molar-refractivity contribution in [3.63, 3.8) is 0 Å². The molecule has 0 aliphatic carbocycles. The average Bonchev–Trinajstić information content (AvgIpc) is 2.53. The normalized spacial score (nSPS) is 11.3. The van der Waals surface area contributed by atoms with Crippen LogP contribution in [0.15, 0.2) is 53.4 Å². The molecule has 0 aromatic heterocycles. The van der Waals surface area contributed by atoms with Crippen LogP contribution < -0.4 is 4.90 Å². The van der Waals surface area contributed by atoms with Gasteiger partial charge < -0.3 is 4.90 Å². The van der Waals surface area contributed by atoms with Crippen molar-refractivity contribution in [2.45, 2.75) is 11.3 Å². The number of amides is 1. The van der Waals surface area contributed by atoms with Crippen LogP contribution in [0, 0.1) is 5.82 Å². The second-order valence-electron chi connectivity index (χ2n) is 4.93. The summed E-state index contributed by atoms with van der Waals surface area (Å²) in [7, 11) is -2.19. The summed E-state index contributed by atoms with van der Waals surface area (Å²) >= 11 is 5.72. The number of halogens is 2. The van der Waals surface area contributed by atoms with Crippen molar-refractivity contribution in [1.82, 2.24) is 0 Å². The second kappa shape index (κ2) is 7.10. The smallest absolute Gasteiger partial charge is 0.227 e. The lowest BCUT2D eigenvalue weighted by Crippen LogP contribution is -2.28. The van der Waals surface area contributed by atoms with Crippen molar-refractivity contribution >= 4 is 33.0 Å². The van der Waals surface area contributed by atoms with Crippen LogP contribution in [-0.4, -0.2) is 27.1 Å². The van der Waals surface area contributed by atoms with Crippen molar-refractivity contribution < 1.29 is 17.6 Å². The first-order chi connectivity index (χ1) is 10.8. The van der Waals surface area contributed by atoms with Gasteiger partial charge in [-0.25, -0.2) is 12.8 Å². The van der Waals surface area contributed by atoms with Gasteiger partial charge in [-0.05, 0) is 36.4 Å². The predicted molar refractivity (Wildman–Crippen MR) is 87.9 cm³/mol. The predicted octanol–water partition coefficient (Wildman–Crippen LogP) is 3.31. The number of hydrogen-bond donors (Lipinski definition) is 0. The average molecular weight is 356 g/mol. The van der Waals surface area contributed by atoms with E-state index >= 15 is 0 Å². The van der Waals surface area contributed by atoms with Crippen LogP contribution in [0.1, 0.15) is 6.42 Å². The van der Waals surface area contributed by atoms with E-state index in [0.717, 1.165) is 4.90 Å². The van der Waals surface area contributed by atoms with Gasteiger partial charge in [-0.15, -0.1) is 0 Å². The van der Waals surface area contributed by atoms with Crippen LogP contribution in [0.25, 0.3) is 0 Å². The molecule has 0 saturated carbocycles. The van der Waals surface area contributed by atoms with E-state index in [-0.39, 0.29) is 22.8 Å². The number of carbonyl (C=O) groups excluding carboxylic acids is 1. The van der Waals surface area contributed by atoms with Gasteiger partial charge in [0.1, 0.15) is 5.82 Å². The second-order valence-corrected chi connectivity index (χ2v) is 7.47. The molecule has 0 spiro atoms. The Morgan fingerprint density at radius 3 is 2.35 bits per heavy atom. The third-order valence-electron chi connectivity index (χ3n) is 3.35. The van der Waals surface area contributed by atoms with Gasteiger partial charge in [-0.3, -0.25) is 4.79 Å². The minimum absolute atomic E-state index is 0.100. The molecule has 4 nitrogen and oxygen atoms in total. The van der Waals surface area contributed by atoms with Crippen molar-refractivity contribution in [2.24, 2.45) is 0 Å². The molecule has 0 saturated heterocycles. The van der Waals surface area contributed by atoms with E-state index in [1.807, 2.05) is 0 Å². The minimum Gasteiger partial charge on any atom is -0.313 e. The first-order valence-corrected chi connectivity index (χ1v) is 8.84. The standard InChI is InChI=1S/C16H15ClFNO3S/c1-19(15-5-3-2-4-14(15)18)16(20)10-11-23(21,22)13-8-6-12(17)7-9-13/h2-9H,10-11H2,1H3. The molecular weight excluding hydrogens is 341 g/mol. The van der Waals surface area contributed by atoms with Crippen LogP contribution in [-0.2, 0) is 14.6 Å². The van der Waals surface area contributed by atoms with Crippen LogP contribution in [0.2, 0.25) is 5.02 Å². The fourth-order valence-corrected chi connectivity index (χ4v) is 3.36. The molecule has 7 heteroatoms. The minimum atomic E-state index is -3.60. The van der Waals surface area contributed by atoms with Crippen LogP contribution >= 0.6 is 11.6 Å². The molecule has 0 atom stereocenters. The number of anilines is 1. The number of para-hydroxylation sites is 1. The molecule has 0 aliphatic rings. The molecule has 0 unspecified atom stereocenters. The number of rotatable bonds is 5. The largest absolute Gasteiger partial charge is 0.313 e. The van der Waals surface area contributed by atoms with Gasteiger partial charge in [0.25, 0.3) is 0 Å². The Morgan fingerprint density at radius 2 is 1.74 bits per heavy atom. The number of sulfone groups is 1. The number of benzene rings is 2. The Hall–Kier alpha value is -1.92. The van der Waals surface area contributed by atoms with E-state index in [1.165, 1.54) is 49.5 Å². The molecule has 23 heavy (non-hydrogen) atoms. The zero-order valence-corrected chi connectivity index (χ0v) is 13.9. The molecule has 0 fully saturated rings. The quantitative estimate of drug-likeness (QED) is 0.826. The highest BCUT2D eigenvalue weighted by molar-refractivity contribution is 7.91.